The lowest BCUT2D eigenvalue weighted by molar-refractivity contribution is 0.0592. The number of rotatable bonds is 6. The highest BCUT2D eigenvalue weighted by molar-refractivity contribution is 7.90. The number of halogens is 2. The third-order valence-corrected chi connectivity index (χ3v) is 5.71. The number of nitrogen functional groups attached to an aromatic ring is 1. The van der Waals surface area contributed by atoms with E-state index in [-0.39, 0.29) is 28.5 Å². The largest absolute Gasteiger partial charge is 0.465 e. The summed E-state index contributed by atoms with van der Waals surface area (Å²) in [6.45, 7) is 0. The number of anilines is 2. The fourth-order valence-corrected chi connectivity index (χ4v) is 3.59. The van der Waals surface area contributed by atoms with E-state index in [0.717, 1.165) is 38.2 Å². The van der Waals surface area contributed by atoms with Crippen molar-refractivity contribution in [3.63, 3.8) is 0 Å². The van der Waals surface area contributed by atoms with Gasteiger partial charge in [-0.2, -0.15) is 13.1 Å². The quantitative estimate of drug-likeness (QED) is 0.337. The molecule has 0 aromatic heterocycles. The molecule has 13 heteroatoms. The summed E-state index contributed by atoms with van der Waals surface area (Å²) in [5.74, 6) is -2.61. The Bertz CT molecular complexity index is 1150. The van der Waals surface area contributed by atoms with Gasteiger partial charge < -0.3 is 20.9 Å². The van der Waals surface area contributed by atoms with Crippen LogP contribution in [0.2, 0.25) is 0 Å². The first-order valence-corrected chi connectivity index (χ1v) is 12.0. The van der Waals surface area contributed by atoms with Crippen molar-refractivity contribution in [3.8, 4) is 0 Å². The van der Waals surface area contributed by atoms with Crippen LogP contribution in [0, 0.1) is 11.6 Å². The SMILES string of the molecule is COC(=O)c1cc(F)ccc1N.COC(=O)c1cc(F)ccc1NS(=O)(=O)NC1CC1.NC1CC1. The van der Waals surface area contributed by atoms with Gasteiger partial charge >= 0.3 is 11.9 Å². The van der Waals surface area contributed by atoms with Crippen molar-refractivity contribution in [1.29, 1.82) is 0 Å². The second kappa shape index (κ2) is 12.4. The number of hydrogen-bond donors (Lipinski definition) is 4. The van der Waals surface area contributed by atoms with Crippen LogP contribution < -0.4 is 20.9 Å². The lowest BCUT2D eigenvalue weighted by atomic mass is 10.2. The molecule has 192 valence electrons. The Balaban J connectivity index is 0.000000228. The Morgan fingerprint density at radius 3 is 1.89 bits per heavy atom. The van der Waals surface area contributed by atoms with Gasteiger partial charge in [-0.1, -0.05) is 0 Å². The molecule has 0 amide bonds. The third-order valence-electron chi connectivity index (χ3n) is 4.57. The number of methoxy groups -OCH3 is 2. The Labute approximate surface area is 202 Å². The van der Waals surface area contributed by atoms with Gasteiger partial charge in [0.05, 0.1) is 31.0 Å². The minimum atomic E-state index is -3.78. The average molecular weight is 515 g/mol. The minimum Gasteiger partial charge on any atom is -0.465 e. The number of nitrogens with two attached hydrogens (primary N) is 2. The van der Waals surface area contributed by atoms with E-state index in [2.05, 4.69) is 18.9 Å². The molecule has 2 saturated carbocycles. The standard InChI is InChI=1S/C11H13FN2O4S.C8H8FNO2.C3H7N/c1-18-11(15)9-6-7(12)2-5-10(9)14-19(16,17)13-8-3-4-8;1-12-8(11)6-4-5(9)2-3-7(6)10;4-3-1-2-3/h2,5-6,8,13-14H,3-4H2,1H3;2-4H,10H2,1H3;3H,1-2,4H2. The van der Waals surface area contributed by atoms with E-state index in [0.29, 0.717) is 6.04 Å². The van der Waals surface area contributed by atoms with Crippen LogP contribution in [0.5, 0.6) is 0 Å². The molecule has 0 heterocycles. The molecular formula is C22H28F2N4O6S. The first-order valence-electron chi connectivity index (χ1n) is 10.5. The van der Waals surface area contributed by atoms with Crippen molar-refractivity contribution in [1.82, 2.24) is 4.72 Å². The molecule has 2 aliphatic carbocycles. The number of benzene rings is 2. The third kappa shape index (κ3) is 9.84. The van der Waals surface area contributed by atoms with Crippen LogP contribution in [0.3, 0.4) is 0 Å². The Hall–Kier alpha value is -3.29. The van der Waals surface area contributed by atoms with Gasteiger partial charge in [0.2, 0.25) is 0 Å². The van der Waals surface area contributed by atoms with Crippen LogP contribution >= 0.6 is 0 Å². The first-order chi connectivity index (χ1) is 16.5. The number of esters is 2. The summed E-state index contributed by atoms with van der Waals surface area (Å²) in [5.41, 5.74) is 10.7. The van der Waals surface area contributed by atoms with Crippen molar-refractivity contribution >= 4 is 33.5 Å². The zero-order valence-corrected chi connectivity index (χ0v) is 20.0. The maximum atomic E-state index is 13.1. The zero-order valence-electron chi connectivity index (χ0n) is 19.2. The maximum Gasteiger partial charge on any atom is 0.340 e. The van der Waals surface area contributed by atoms with Crippen LogP contribution in [-0.2, 0) is 19.7 Å². The van der Waals surface area contributed by atoms with Crippen LogP contribution in [0.4, 0.5) is 20.2 Å². The number of carbonyl (C=O) groups is 2. The molecule has 6 N–H and O–H groups in total. The van der Waals surface area contributed by atoms with Gasteiger partial charge in [-0.15, -0.1) is 0 Å². The lowest BCUT2D eigenvalue weighted by Gasteiger charge is -2.11. The van der Waals surface area contributed by atoms with E-state index >= 15 is 0 Å². The average Bonchev–Trinajstić information content (AvgIpc) is 3.75. The molecule has 0 radical (unpaired) electrons. The van der Waals surface area contributed by atoms with Crippen molar-refractivity contribution in [2.45, 2.75) is 37.8 Å². The summed E-state index contributed by atoms with van der Waals surface area (Å²) in [5, 5.41) is 0. The fraction of sp³-hybridized carbons (Fsp3) is 0.364. The van der Waals surface area contributed by atoms with E-state index in [1.165, 1.54) is 38.2 Å². The Kier molecular flexibility index (Phi) is 9.92. The highest BCUT2D eigenvalue weighted by atomic mass is 32.2. The number of hydrogen-bond acceptors (Lipinski definition) is 8. The predicted octanol–water partition coefficient (Wildman–Crippen LogP) is 2.32. The lowest BCUT2D eigenvalue weighted by Crippen LogP contribution is -2.32. The Morgan fingerprint density at radius 2 is 1.40 bits per heavy atom. The van der Waals surface area contributed by atoms with Gasteiger partial charge in [0.15, 0.2) is 0 Å². The normalized spacial score (nSPS) is 14.4. The number of ether oxygens (including phenoxy) is 2. The van der Waals surface area contributed by atoms with Crippen LogP contribution in [0.25, 0.3) is 0 Å². The van der Waals surface area contributed by atoms with E-state index in [4.69, 9.17) is 11.5 Å². The monoisotopic (exact) mass is 514 g/mol. The molecule has 0 atom stereocenters. The van der Waals surface area contributed by atoms with E-state index < -0.39 is 33.8 Å². The molecule has 0 bridgehead atoms. The van der Waals surface area contributed by atoms with Gasteiger partial charge in [-0.25, -0.2) is 18.4 Å². The summed E-state index contributed by atoms with van der Waals surface area (Å²) in [7, 11) is -1.43. The van der Waals surface area contributed by atoms with Gasteiger partial charge in [-0.05, 0) is 62.1 Å². The molecule has 10 nitrogen and oxygen atoms in total. The molecule has 2 aromatic carbocycles. The second-order valence-corrected chi connectivity index (χ2v) is 9.19. The summed E-state index contributed by atoms with van der Waals surface area (Å²) in [6, 6.07) is 7.21. The molecule has 0 aliphatic heterocycles. The molecule has 2 aliphatic rings. The predicted molar refractivity (Wildman–Crippen MR) is 126 cm³/mol. The zero-order chi connectivity index (χ0) is 26.2. The molecular weight excluding hydrogens is 486 g/mol. The van der Waals surface area contributed by atoms with Gasteiger partial charge in [0.25, 0.3) is 10.2 Å². The number of carbonyl (C=O) groups excluding carboxylic acids is 2. The van der Waals surface area contributed by atoms with Crippen molar-refractivity contribution in [2.75, 3.05) is 24.7 Å². The fourth-order valence-electron chi connectivity index (χ4n) is 2.39. The maximum absolute atomic E-state index is 13.1. The summed E-state index contributed by atoms with van der Waals surface area (Å²) in [4.78, 5) is 22.4. The summed E-state index contributed by atoms with van der Waals surface area (Å²) in [6.07, 6.45) is 4.10. The topological polar surface area (TPSA) is 163 Å². The summed E-state index contributed by atoms with van der Waals surface area (Å²) >= 11 is 0. The van der Waals surface area contributed by atoms with Crippen LogP contribution in [0.15, 0.2) is 36.4 Å². The highest BCUT2D eigenvalue weighted by Gasteiger charge is 2.27. The molecule has 4 rings (SSSR count). The molecule has 0 saturated heterocycles. The van der Waals surface area contributed by atoms with Gasteiger partial charge in [-0.3, -0.25) is 4.72 Å². The van der Waals surface area contributed by atoms with Crippen LogP contribution in [0.1, 0.15) is 46.4 Å². The molecule has 2 fully saturated rings. The van der Waals surface area contributed by atoms with Crippen molar-refractivity contribution < 1.29 is 36.3 Å². The van der Waals surface area contributed by atoms with Gasteiger partial charge in [0, 0.05) is 17.8 Å². The van der Waals surface area contributed by atoms with Crippen molar-refractivity contribution in [2.24, 2.45) is 5.73 Å². The van der Waals surface area contributed by atoms with E-state index in [1.807, 2.05) is 0 Å². The van der Waals surface area contributed by atoms with E-state index in [1.54, 1.807) is 0 Å². The van der Waals surface area contributed by atoms with E-state index in [9.17, 15) is 26.8 Å². The first kappa shape index (κ1) is 28.0. The Morgan fingerprint density at radius 1 is 0.914 bits per heavy atom. The summed E-state index contributed by atoms with van der Waals surface area (Å²) < 4.78 is 62.6. The molecule has 0 spiro atoms. The van der Waals surface area contributed by atoms with Crippen LogP contribution in [-0.4, -0.2) is 46.7 Å². The smallest absolute Gasteiger partial charge is 0.340 e. The van der Waals surface area contributed by atoms with Gasteiger partial charge in [0.1, 0.15) is 11.6 Å². The molecule has 2 aromatic rings. The highest BCUT2D eigenvalue weighted by Crippen LogP contribution is 2.22. The number of nitrogens with one attached hydrogen (secondary N) is 2. The minimum absolute atomic E-state index is 0.0265. The molecule has 35 heavy (non-hydrogen) atoms. The molecule has 0 unspecified atom stereocenters. The second-order valence-electron chi connectivity index (χ2n) is 7.74. The van der Waals surface area contributed by atoms with Crippen molar-refractivity contribution in [3.05, 3.63) is 59.2 Å².